The number of piperazine rings is 2. The second-order valence-electron chi connectivity index (χ2n) is 10.4. The number of anilines is 1. The molecule has 0 saturated carbocycles. The molecule has 1 atom stereocenters. The summed E-state index contributed by atoms with van der Waals surface area (Å²) in [5.74, 6) is 0.854. The second-order valence-corrected chi connectivity index (χ2v) is 10.4. The van der Waals surface area contributed by atoms with Gasteiger partial charge in [0.2, 0.25) is 24.5 Å². The van der Waals surface area contributed by atoms with Gasteiger partial charge in [-0.2, -0.15) is 0 Å². The number of benzene rings is 3. The third kappa shape index (κ3) is 5.73. The van der Waals surface area contributed by atoms with Crippen molar-refractivity contribution in [3.63, 3.8) is 0 Å². The molecule has 0 aromatic heterocycles. The van der Waals surface area contributed by atoms with Crippen LogP contribution in [0.2, 0.25) is 0 Å². The van der Waals surface area contributed by atoms with E-state index in [1.54, 1.807) is 4.90 Å². The lowest BCUT2D eigenvalue weighted by Crippen LogP contribution is -2.60. The molecule has 2 fully saturated rings. The Bertz CT molecular complexity index is 1420. The van der Waals surface area contributed by atoms with E-state index in [0.717, 1.165) is 60.6 Å². The van der Waals surface area contributed by atoms with Crippen LogP contribution in [0.4, 0.5) is 5.69 Å². The van der Waals surface area contributed by atoms with Crippen molar-refractivity contribution in [3.8, 4) is 11.5 Å². The number of carbonyl (C=O) groups excluding carboxylic acids is 3. The quantitative estimate of drug-likeness (QED) is 0.470. The van der Waals surface area contributed by atoms with E-state index in [2.05, 4.69) is 26.5 Å². The fraction of sp³-hybridized carbons (Fsp3) is 0.367. The minimum Gasteiger partial charge on any atom is -0.454 e. The van der Waals surface area contributed by atoms with Crippen LogP contribution in [-0.4, -0.2) is 91.1 Å². The molecule has 0 spiro atoms. The monoisotopic (exact) mass is 543 g/mol. The topological polar surface area (TPSA) is 103 Å². The van der Waals surface area contributed by atoms with Gasteiger partial charge in [0.15, 0.2) is 11.5 Å². The van der Waals surface area contributed by atoms with E-state index >= 15 is 0 Å². The van der Waals surface area contributed by atoms with E-state index in [1.165, 1.54) is 0 Å². The molecule has 3 aromatic carbocycles. The molecule has 40 heavy (non-hydrogen) atoms. The molecule has 0 bridgehead atoms. The smallest absolute Gasteiger partial charge is 0.243 e. The van der Waals surface area contributed by atoms with E-state index in [9.17, 15) is 14.4 Å². The summed E-state index contributed by atoms with van der Waals surface area (Å²) in [4.78, 5) is 45.2. The van der Waals surface area contributed by atoms with Crippen LogP contribution in [-0.2, 0) is 20.9 Å². The Morgan fingerprint density at radius 1 is 0.900 bits per heavy atom. The van der Waals surface area contributed by atoms with Crippen molar-refractivity contribution in [2.24, 2.45) is 0 Å². The molecule has 3 aliphatic rings. The number of ether oxygens (including phenoxy) is 2. The lowest BCUT2D eigenvalue weighted by atomic mass is 10.1. The summed E-state index contributed by atoms with van der Waals surface area (Å²) in [7, 11) is 0. The summed E-state index contributed by atoms with van der Waals surface area (Å²) in [6.07, 6.45) is -0.0932. The van der Waals surface area contributed by atoms with Gasteiger partial charge in [-0.25, -0.2) is 0 Å². The number of amides is 3. The standard InChI is InChI=1S/C30H33N5O5/c36-28(32-24-7-3-5-22-4-1-2-6-23(22)24)17-25-30(38)31-10-11-35(25)29(37)19-34-14-12-33(13-15-34)18-21-8-9-26-27(16-21)40-20-39-26/h1-9,16,25H,10-15,17-20H2,(H,31,38)(H,32,36)/t25-/m1/s1. The predicted octanol–water partition coefficient (Wildman–Crippen LogP) is 2.04. The maximum atomic E-state index is 13.4. The van der Waals surface area contributed by atoms with Gasteiger partial charge in [-0.1, -0.05) is 42.5 Å². The largest absolute Gasteiger partial charge is 0.454 e. The number of hydrogen-bond acceptors (Lipinski definition) is 7. The zero-order chi connectivity index (χ0) is 27.5. The fourth-order valence-electron chi connectivity index (χ4n) is 5.61. The Hall–Kier alpha value is -4.15. The SMILES string of the molecule is O=C(C[C@@H]1C(=O)NCCN1C(=O)CN1CCN(Cc2ccc3c(c2)OCO3)CC1)Nc1cccc2ccccc12. The zero-order valence-electron chi connectivity index (χ0n) is 22.3. The minimum absolute atomic E-state index is 0.0932. The number of fused-ring (bicyclic) bond motifs is 2. The molecule has 10 heteroatoms. The Labute approximate surface area is 232 Å². The van der Waals surface area contributed by atoms with E-state index < -0.39 is 6.04 Å². The molecule has 3 aliphatic heterocycles. The molecule has 208 valence electrons. The van der Waals surface area contributed by atoms with Crippen molar-refractivity contribution >= 4 is 34.2 Å². The summed E-state index contributed by atoms with van der Waals surface area (Å²) in [6, 6.07) is 18.7. The number of carbonyl (C=O) groups is 3. The first-order valence-corrected chi connectivity index (χ1v) is 13.7. The average molecular weight is 544 g/mol. The lowest BCUT2D eigenvalue weighted by molar-refractivity contribution is -0.145. The van der Waals surface area contributed by atoms with Gasteiger partial charge in [0, 0.05) is 56.9 Å². The van der Waals surface area contributed by atoms with Crippen LogP contribution in [0.5, 0.6) is 11.5 Å². The molecule has 3 amide bonds. The van der Waals surface area contributed by atoms with Crippen LogP contribution >= 0.6 is 0 Å². The third-order valence-corrected chi connectivity index (χ3v) is 7.76. The second kappa shape index (κ2) is 11.5. The van der Waals surface area contributed by atoms with E-state index in [1.807, 2.05) is 54.6 Å². The highest BCUT2D eigenvalue weighted by molar-refractivity contribution is 6.04. The first-order chi connectivity index (χ1) is 19.5. The lowest BCUT2D eigenvalue weighted by Gasteiger charge is -2.38. The Kier molecular flexibility index (Phi) is 7.52. The van der Waals surface area contributed by atoms with Crippen LogP contribution in [0.15, 0.2) is 60.7 Å². The Morgan fingerprint density at radius 2 is 1.68 bits per heavy atom. The Balaban J connectivity index is 1.03. The minimum atomic E-state index is -0.830. The van der Waals surface area contributed by atoms with E-state index in [4.69, 9.17) is 9.47 Å². The maximum absolute atomic E-state index is 13.4. The molecule has 3 aromatic rings. The van der Waals surface area contributed by atoms with Gasteiger partial charge in [-0.3, -0.25) is 24.2 Å². The normalized spacial score (nSPS) is 19.4. The van der Waals surface area contributed by atoms with Gasteiger partial charge in [0.05, 0.1) is 13.0 Å². The van der Waals surface area contributed by atoms with E-state index in [0.29, 0.717) is 18.8 Å². The summed E-state index contributed by atoms with van der Waals surface area (Å²) >= 11 is 0. The summed E-state index contributed by atoms with van der Waals surface area (Å²) in [5, 5.41) is 7.70. The highest BCUT2D eigenvalue weighted by Gasteiger charge is 2.35. The van der Waals surface area contributed by atoms with Crippen molar-refractivity contribution in [1.82, 2.24) is 20.0 Å². The van der Waals surface area contributed by atoms with Crippen molar-refractivity contribution in [1.29, 1.82) is 0 Å². The van der Waals surface area contributed by atoms with Crippen molar-refractivity contribution < 1.29 is 23.9 Å². The van der Waals surface area contributed by atoms with Crippen molar-refractivity contribution in [2.75, 3.05) is 57.9 Å². The molecule has 0 unspecified atom stereocenters. The van der Waals surface area contributed by atoms with Gasteiger partial charge < -0.3 is 25.0 Å². The predicted molar refractivity (Wildman–Crippen MR) is 150 cm³/mol. The van der Waals surface area contributed by atoms with Gasteiger partial charge in [-0.15, -0.1) is 0 Å². The molecule has 6 rings (SSSR count). The molecule has 3 heterocycles. The molecule has 2 saturated heterocycles. The number of hydrogen-bond donors (Lipinski definition) is 2. The molecule has 0 aliphatic carbocycles. The van der Waals surface area contributed by atoms with Gasteiger partial charge >= 0.3 is 0 Å². The van der Waals surface area contributed by atoms with Gasteiger partial charge in [-0.05, 0) is 29.1 Å². The van der Waals surface area contributed by atoms with Crippen LogP contribution in [0.3, 0.4) is 0 Å². The van der Waals surface area contributed by atoms with Gasteiger partial charge in [0.25, 0.3) is 0 Å². The maximum Gasteiger partial charge on any atom is 0.243 e. The Morgan fingerprint density at radius 3 is 2.55 bits per heavy atom. The molecular formula is C30H33N5O5. The average Bonchev–Trinajstić information content (AvgIpc) is 3.43. The van der Waals surface area contributed by atoms with Crippen LogP contribution < -0.4 is 20.1 Å². The summed E-state index contributed by atoms with van der Waals surface area (Å²) < 4.78 is 10.9. The van der Waals surface area contributed by atoms with E-state index in [-0.39, 0.29) is 37.5 Å². The molecule has 0 radical (unpaired) electrons. The summed E-state index contributed by atoms with van der Waals surface area (Å²) in [5.41, 5.74) is 1.86. The zero-order valence-corrected chi connectivity index (χ0v) is 22.3. The molecular weight excluding hydrogens is 510 g/mol. The third-order valence-electron chi connectivity index (χ3n) is 7.76. The first-order valence-electron chi connectivity index (χ1n) is 13.7. The number of rotatable bonds is 7. The highest BCUT2D eigenvalue weighted by Crippen LogP contribution is 2.33. The number of nitrogens with zero attached hydrogens (tertiary/aromatic N) is 3. The van der Waals surface area contributed by atoms with Crippen LogP contribution in [0.1, 0.15) is 12.0 Å². The first kappa shape index (κ1) is 26.1. The molecule has 10 nitrogen and oxygen atoms in total. The van der Waals surface area contributed by atoms with Crippen molar-refractivity contribution in [3.05, 3.63) is 66.2 Å². The number of nitrogens with one attached hydrogen (secondary N) is 2. The fourth-order valence-corrected chi connectivity index (χ4v) is 5.61. The molecule has 2 N–H and O–H groups in total. The van der Waals surface area contributed by atoms with Crippen molar-refractivity contribution in [2.45, 2.75) is 19.0 Å². The van der Waals surface area contributed by atoms with Crippen LogP contribution in [0, 0.1) is 0 Å². The van der Waals surface area contributed by atoms with Gasteiger partial charge in [0.1, 0.15) is 6.04 Å². The highest BCUT2D eigenvalue weighted by atomic mass is 16.7. The van der Waals surface area contributed by atoms with Crippen LogP contribution in [0.25, 0.3) is 10.8 Å². The summed E-state index contributed by atoms with van der Waals surface area (Å²) in [6.45, 7) is 5.24.